The molecule has 0 aliphatic heterocycles. The second-order valence-electron chi connectivity index (χ2n) is 12.2. The van der Waals surface area contributed by atoms with E-state index >= 15 is 0 Å². The average Bonchev–Trinajstić information content (AvgIpc) is 2.96. The topological polar surface area (TPSA) is 163 Å². The zero-order valence-electron chi connectivity index (χ0n) is 26.1. The third kappa shape index (κ3) is 10.4. The second-order valence-corrected chi connectivity index (χ2v) is 12.2. The smallest absolute Gasteiger partial charge is 0.246 e. The molecule has 3 rings (SSSR count). The molecule has 0 radical (unpaired) electrons. The van der Waals surface area contributed by atoms with Crippen molar-refractivity contribution in [1.29, 1.82) is 0 Å². The minimum Gasteiger partial charge on any atom is -0.508 e. The number of phenolic OH excluding ortho intramolecular Hbond substituents is 1. The van der Waals surface area contributed by atoms with Crippen LogP contribution in [-0.2, 0) is 25.6 Å². The summed E-state index contributed by atoms with van der Waals surface area (Å²) in [5.74, 6) is -1.72. The van der Waals surface area contributed by atoms with Gasteiger partial charge in [0.05, 0.1) is 6.04 Å². The zero-order valence-corrected chi connectivity index (χ0v) is 26.1. The van der Waals surface area contributed by atoms with Crippen LogP contribution in [0.25, 0.3) is 10.8 Å². The van der Waals surface area contributed by atoms with Crippen LogP contribution in [0.3, 0.4) is 0 Å². The normalized spacial score (nSPS) is 14.0. The van der Waals surface area contributed by atoms with Gasteiger partial charge in [-0.1, -0.05) is 70.2 Å². The van der Waals surface area contributed by atoms with Gasteiger partial charge in [0.15, 0.2) is 0 Å². The number of carbonyl (C=O) groups excluding carboxylic acids is 4. The molecule has 10 nitrogen and oxygen atoms in total. The van der Waals surface area contributed by atoms with E-state index < -0.39 is 41.9 Å². The second kappa shape index (κ2) is 15.9. The van der Waals surface area contributed by atoms with Crippen molar-refractivity contribution in [3.63, 3.8) is 0 Å². The number of benzene rings is 3. The van der Waals surface area contributed by atoms with E-state index in [1.165, 1.54) is 19.1 Å². The van der Waals surface area contributed by atoms with Crippen molar-refractivity contribution in [1.82, 2.24) is 16.0 Å². The highest BCUT2D eigenvalue weighted by Crippen LogP contribution is 2.20. The first-order valence-corrected chi connectivity index (χ1v) is 15.1. The molecule has 3 aromatic carbocycles. The molecule has 44 heavy (non-hydrogen) atoms. The number of nitrogens with one attached hydrogen (secondary N) is 4. The van der Waals surface area contributed by atoms with Crippen LogP contribution in [0.2, 0.25) is 0 Å². The first-order valence-electron chi connectivity index (χ1n) is 15.1. The van der Waals surface area contributed by atoms with Gasteiger partial charge in [-0.2, -0.15) is 0 Å². The zero-order chi connectivity index (χ0) is 32.4. The Morgan fingerprint density at radius 1 is 0.659 bits per heavy atom. The van der Waals surface area contributed by atoms with Crippen molar-refractivity contribution in [2.24, 2.45) is 17.6 Å². The van der Waals surface area contributed by atoms with Gasteiger partial charge in [-0.05, 0) is 72.2 Å². The molecular weight excluding hydrogens is 558 g/mol. The van der Waals surface area contributed by atoms with Crippen LogP contribution in [0, 0.1) is 11.8 Å². The molecule has 10 heteroatoms. The van der Waals surface area contributed by atoms with Gasteiger partial charge in [0.2, 0.25) is 23.6 Å². The van der Waals surface area contributed by atoms with Crippen molar-refractivity contribution in [2.75, 3.05) is 5.32 Å². The highest BCUT2D eigenvalue weighted by Gasteiger charge is 2.31. The Morgan fingerprint density at radius 3 is 1.77 bits per heavy atom. The lowest BCUT2D eigenvalue weighted by atomic mass is 9.99. The standard InChI is InChI=1S/C34H45N5O5/c1-20(2)16-28(32(42)36-26-13-12-24-8-6-7-9-25(24)19-26)38-34(44)30(18-23-10-14-27(40)15-11-23)39-33(43)29(17-21(3)4)37-31(41)22(5)35/h6-15,19-22,28-30,40H,16-18,35H2,1-5H3,(H,36,42)(H,37,41)(H,38,44)(H,39,43)/t22-,28-,29-,30-/m0/s1. The summed E-state index contributed by atoms with van der Waals surface area (Å²) < 4.78 is 0. The molecule has 0 saturated heterocycles. The Hall–Kier alpha value is -4.44. The van der Waals surface area contributed by atoms with Crippen LogP contribution < -0.4 is 27.0 Å². The van der Waals surface area contributed by atoms with Crippen molar-refractivity contribution < 1.29 is 24.3 Å². The largest absolute Gasteiger partial charge is 0.508 e. The van der Waals surface area contributed by atoms with E-state index in [0.717, 1.165) is 10.8 Å². The lowest BCUT2D eigenvalue weighted by Gasteiger charge is -2.27. The molecule has 4 atom stereocenters. The van der Waals surface area contributed by atoms with E-state index in [4.69, 9.17) is 5.73 Å². The van der Waals surface area contributed by atoms with Gasteiger partial charge in [-0.3, -0.25) is 19.2 Å². The number of phenols is 1. The van der Waals surface area contributed by atoms with Gasteiger partial charge in [0, 0.05) is 12.1 Å². The molecule has 0 aliphatic rings. The molecule has 3 aromatic rings. The van der Waals surface area contributed by atoms with E-state index in [1.807, 2.05) is 70.2 Å². The lowest BCUT2D eigenvalue weighted by molar-refractivity contribution is -0.133. The van der Waals surface area contributed by atoms with Gasteiger partial charge in [-0.25, -0.2) is 0 Å². The maximum absolute atomic E-state index is 13.8. The van der Waals surface area contributed by atoms with Gasteiger partial charge in [0.1, 0.15) is 23.9 Å². The number of fused-ring (bicyclic) bond motifs is 1. The van der Waals surface area contributed by atoms with E-state index in [0.29, 0.717) is 24.1 Å². The van der Waals surface area contributed by atoms with Gasteiger partial charge in [-0.15, -0.1) is 0 Å². The number of nitrogens with two attached hydrogens (primary N) is 1. The average molecular weight is 604 g/mol. The monoisotopic (exact) mass is 603 g/mol. The molecular formula is C34H45N5O5. The van der Waals surface area contributed by atoms with Crippen molar-refractivity contribution in [2.45, 2.75) is 78.0 Å². The Kier molecular flexibility index (Phi) is 12.3. The van der Waals surface area contributed by atoms with Crippen LogP contribution in [0.15, 0.2) is 66.7 Å². The summed E-state index contributed by atoms with van der Waals surface area (Å²) in [5, 5.41) is 23.0. The Bertz CT molecular complexity index is 1440. The fraction of sp³-hybridized carbons (Fsp3) is 0.412. The van der Waals surface area contributed by atoms with Crippen LogP contribution in [0.5, 0.6) is 5.75 Å². The summed E-state index contributed by atoms with van der Waals surface area (Å²) in [4.78, 5) is 53.1. The molecule has 0 bridgehead atoms. The number of amides is 4. The SMILES string of the molecule is CC(C)C[C@H](NC(=O)[C@H](C)N)C(=O)N[C@@H](Cc1ccc(O)cc1)C(=O)N[C@@H](CC(C)C)C(=O)Nc1ccc2ccccc2c1. The minimum absolute atomic E-state index is 0.0664. The fourth-order valence-corrected chi connectivity index (χ4v) is 4.83. The maximum atomic E-state index is 13.8. The van der Waals surface area contributed by atoms with Crippen LogP contribution in [0.1, 0.15) is 53.0 Å². The molecule has 0 spiro atoms. The van der Waals surface area contributed by atoms with E-state index in [2.05, 4.69) is 21.3 Å². The Morgan fingerprint density at radius 2 is 1.18 bits per heavy atom. The minimum atomic E-state index is -1.07. The van der Waals surface area contributed by atoms with E-state index in [-0.39, 0.29) is 29.9 Å². The molecule has 0 aromatic heterocycles. The van der Waals surface area contributed by atoms with Crippen molar-refractivity contribution >= 4 is 40.1 Å². The number of anilines is 1. The quantitative estimate of drug-likeness (QED) is 0.165. The number of carbonyl (C=O) groups is 4. The van der Waals surface area contributed by atoms with Gasteiger partial charge in [0.25, 0.3) is 0 Å². The summed E-state index contributed by atoms with van der Waals surface area (Å²) in [6.07, 6.45) is 0.793. The molecule has 0 saturated carbocycles. The number of hydrogen-bond acceptors (Lipinski definition) is 6. The molecule has 236 valence electrons. The van der Waals surface area contributed by atoms with E-state index in [1.54, 1.807) is 12.1 Å². The molecule has 0 aliphatic carbocycles. The number of aromatic hydroxyl groups is 1. The first kappa shape index (κ1) is 34.1. The third-order valence-corrected chi connectivity index (χ3v) is 7.12. The first-order chi connectivity index (χ1) is 20.8. The van der Waals surface area contributed by atoms with Gasteiger partial charge >= 0.3 is 0 Å². The third-order valence-electron chi connectivity index (χ3n) is 7.12. The summed E-state index contributed by atoms with van der Waals surface area (Å²) in [5.41, 5.74) is 7.01. The Balaban J connectivity index is 1.84. The van der Waals surface area contributed by atoms with Crippen molar-refractivity contribution in [3.05, 3.63) is 72.3 Å². The van der Waals surface area contributed by atoms with Crippen LogP contribution >= 0.6 is 0 Å². The van der Waals surface area contributed by atoms with E-state index in [9.17, 15) is 24.3 Å². The molecule has 4 amide bonds. The molecule has 0 heterocycles. The predicted octanol–water partition coefficient (Wildman–Crippen LogP) is 3.62. The predicted molar refractivity (Wildman–Crippen MR) is 173 cm³/mol. The lowest BCUT2D eigenvalue weighted by Crippen LogP contribution is -2.58. The highest BCUT2D eigenvalue weighted by atomic mass is 16.3. The van der Waals surface area contributed by atoms with Gasteiger partial charge < -0.3 is 32.1 Å². The van der Waals surface area contributed by atoms with Crippen LogP contribution in [-0.4, -0.2) is 52.9 Å². The summed E-state index contributed by atoms with van der Waals surface area (Å²) >= 11 is 0. The van der Waals surface area contributed by atoms with Crippen LogP contribution in [0.4, 0.5) is 5.69 Å². The molecule has 0 fully saturated rings. The summed E-state index contributed by atoms with van der Waals surface area (Å²) in [6, 6.07) is 16.0. The Labute approximate surface area is 259 Å². The molecule has 7 N–H and O–H groups in total. The number of hydrogen-bond donors (Lipinski definition) is 6. The summed E-state index contributed by atoms with van der Waals surface area (Å²) in [7, 11) is 0. The fourth-order valence-electron chi connectivity index (χ4n) is 4.83. The number of rotatable bonds is 14. The summed E-state index contributed by atoms with van der Waals surface area (Å²) in [6.45, 7) is 9.28. The van der Waals surface area contributed by atoms with Crippen molar-refractivity contribution in [3.8, 4) is 5.75 Å². The maximum Gasteiger partial charge on any atom is 0.246 e. The molecule has 0 unspecified atom stereocenters. The highest BCUT2D eigenvalue weighted by molar-refractivity contribution is 6.00.